The van der Waals surface area contributed by atoms with Gasteiger partial charge in [0.05, 0.1) is 0 Å². The van der Waals surface area contributed by atoms with E-state index in [1.165, 1.54) is 19.1 Å². The second kappa shape index (κ2) is 6.17. The maximum atomic E-state index is 11.2. The highest BCUT2D eigenvalue weighted by molar-refractivity contribution is 5.59. The van der Waals surface area contributed by atoms with Crippen molar-refractivity contribution >= 4 is 6.29 Å². The van der Waals surface area contributed by atoms with Crippen molar-refractivity contribution in [2.75, 3.05) is 0 Å². The molecule has 2 unspecified atom stereocenters. The third-order valence-electron chi connectivity index (χ3n) is 3.48. The molecule has 0 aromatic heterocycles. The third-order valence-corrected chi connectivity index (χ3v) is 3.48. The Morgan fingerprint density at radius 2 is 1.92 bits per heavy atom. The zero-order valence-corrected chi connectivity index (χ0v) is 9.60. The highest BCUT2D eigenvalue weighted by atomic mass is 16.1. The van der Waals surface area contributed by atoms with Crippen LogP contribution in [0.1, 0.15) is 59.8 Å². The Morgan fingerprint density at radius 1 is 1.31 bits per heavy atom. The molecule has 2 atom stereocenters. The number of unbranched alkanes of at least 4 members (excludes halogenated alkanes) is 1. The molecule has 0 radical (unpaired) electrons. The molecule has 13 heavy (non-hydrogen) atoms. The Labute approximate surface area is 82.9 Å². The molecule has 0 heterocycles. The standard InChI is InChI=1S/C12H24O/c1-5-8-9-12(7-3,10-13)11(4)6-2/h10-11H,5-9H2,1-4H3. The molecule has 0 aliphatic rings. The van der Waals surface area contributed by atoms with Crippen molar-refractivity contribution in [3.05, 3.63) is 0 Å². The number of carbonyl (C=O) groups is 1. The molecule has 0 saturated carbocycles. The SMILES string of the molecule is CCCCC(C=O)(CC)C(C)CC. The minimum Gasteiger partial charge on any atom is -0.303 e. The van der Waals surface area contributed by atoms with E-state index in [1.54, 1.807) is 0 Å². The maximum Gasteiger partial charge on any atom is 0.126 e. The molecule has 0 bridgehead atoms. The fraction of sp³-hybridized carbons (Fsp3) is 0.917. The average molecular weight is 184 g/mol. The van der Waals surface area contributed by atoms with Gasteiger partial charge in [0.25, 0.3) is 0 Å². The van der Waals surface area contributed by atoms with E-state index < -0.39 is 0 Å². The average Bonchev–Trinajstić information content (AvgIpc) is 2.19. The second-order valence-electron chi connectivity index (χ2n) is 4.12. The predicted molar refractivity (Wildman–Crippen MR) is 57.8 cm³/mol. The van der Waals surface area contributed by atoms with Crippen LogP contribution in [-0.2, 0) is 4.79 Å². The van der Waals surface area contributed by atoms with Crippen LogP contribution in [0.3, 0.4) is 0 Å². The monoisotopic (exact) mass is 184 g/mol. The van der Waals surface area contributed by atoms with E-state index >= 15 is 0 Å². The van der Waals surface area contributed by atoms with Crippen molar-refractivity contribution in [1.82, 2.24) is 0 Å². The van der Waals surface area contributed by atoms with Gasteiger partial charge >= 0.3 is 0 Å². The number of rotatable bonds is 7. The number of aldehydes is 1. The summed E-state index contributed by atoms with van der Waals surface area (Å²) in [7, 11) is 0. The van der Waals surface area contributed by atoms with Crippen LogP contribution >= 0.6 is 0 Å². The second-order valence-corrected chi connectivity index (χ2v) is 4.12. The first-order valence-electron chi connectivity index (χ1n) is 5.63. The largest absolute Gasteiger partial charge is 0.303 e. The molecule has 0 aromatic rings. The van der Waals surface area contributed by atoms with Crippen molar-refractivity contribution in [3.63, 3.8) is 0 Å². The van der Waals surface area contributed by atoms with Crippen LogP contribution in [0.4, 0.5) is 0 Å². The van der Waals surface area contributed by atoms with Gasteiger partial charge in [0, 0.05) is 5.41 Å². The summed E-state index contributed by atoms with van der Waals surface area (Å²) in [5.74, 6) is 0.529. The zero-order chi connectivity index (χ0) is 10.3. The van der Waals surface area contributed by atoms with Gasteiger partial charge in [0.15, 0.2) is 0 Å². The minimum absolute atomic E-state index is 0.0369. The Balaban J connectivity index is 4.38. The van der Waals surface area contributed by atoms with E-state index in [1.807, 2.05) is 0 Å². The fourth-order valence-corrected chi connectivity index (χ4v) is 1.94. The summed E-state index contributed by atoms with van der Waals surface area (Å²) in [5.41, 5.74) is -0.0369. The normalized spacial score (nSPS) is 17.8. The molecule has 0 aliphatic heterocycles. The molecular weight excluding hydrogens is 160 g/mol. The van der Waals surface area contributed by atoms with Crippen LogP contribution in [0, 0.1) is 11.3 Å². The van der Waals surface area contributed by atoms with Crippen LogP contribution in [-0.4, -0.2) is 6.29 Å². The van der Waals surface area contributed by atoms with Gasteiger partial charge in [-0.15, -0.1) is 0 Å². The highest BCUT2D eigenvalue weighted by Gasteiger charge is 2.32. The van der Waals surface area contributed by atoms with Crippen LogP contribution in [0.15, 0.2) is 0 Å². The topological polar surface area (TPSA) is 17.1 Å². The summed E-state index contributed by atoms with van der Waals surface area (Å²) in [6, 6.07) is 0. The van der Waals surface area contributed by atoms with E-state index in [-0.39, 0.29) is 5.41 Å². The van der Waals surface area contributed by atoms with Crippen LogP contribution in [0.25, 0.3) is 0 Å². The first-order chi connectivity index (χ1) is 6.16. The Morgan fingerprint density at radius 3 is 2.23 bits per heavy atom. The Bertz CT molecular complexity index is 142. The lowest BCUT2D eigenvalue weighted by molar-refractivity contribution is -0.119. The minimum atomic E-state index is -0.0369. The van der Waals surface area contributed by atoms with E-state index in [2.05, 4.69) is 27.7 Å². The number of hydrogen-bond acceptors (Lipinski definition) is 1. The molecular formula is C12H24O. The quantitative estimate of drug-likeness (QED) is 0.550. The van der Waals surface area contributed by atoms with Gasteiger partial charge in [0.2, 0.25) is 0 Å². The lowest BCUT2D eigenvalue weighted by Crippen LogP contribution is -2.29. The van der Waals surface area contributed by atoms with Crippen LogP contribution < -0.4 is 0 Å². The molecule has 0 fully saturated rings. The molecule has 1 heteroatoms. The summed E-state index contributed by atoms with van der Waals surface area (Å²) in [6.45, 7) is 8.69. The van der Waals surface area contributed by atoms with E-state index in [0.717, 1.165) is 19.3 Å². The van der Waals surface area contributed by atoms with E-state index in [0.29, 0.717) is 5.92 Å². The number of hydrogen-bond donors (Lipinski definition) is 0. The summed E-state index contributed by atoms with van der Waals surface area (Å²) < 4.78 is 0. The van der Waals surface area contributed by atoms with Gasteiger partial charge in [-0.3, -0.25) is 0 Å². The summed E-state index contributed by atoms with van der Waals surface area (Å²) in [5, 5.41) is 0. The van der Waals surface area contributed by atoms with Gasteiger partial charge in [-0.1, -0.05) is 47.0 Å². The molecule has 0 spiro atoms. The first-order valence-corrected chi connectivity index (χ1v) is 5.63. The molecule has 0 aliphatic carbocycles. The van der Waals surface area contributed by atoms with Crippen molar-refractivity contribution in [1.29, 1.82) is 0 Å². The van der Waals surface area contributed by atoms with Crippen molar-refractivity contribution < 1.29 is 4.79 Å². The zero-order valence-electron chi connectivity index (χ0n) is 9.60. The van der Waals surface area contributed by atoms with Crippen molar-refractivity contribution in [2.45, 2.75) is 59.8 Å². The highest BCUT2D eigenvalue weighted by Crippen LogP contribution is 2.36. The molecule has 0 N–H and O–H groups in total. The molecule has 1 nitrogen and oxygen atoms in total. The first kappa shape index (κ1) is 12.7. The molecule has 0 amide bonds. The van der Waals surface area contributed by atoms with E-state index in [9.17, 15) is 4.79 Å². The Hall–Kier alpha value is -0.330. The van der Waals surface area contributed by atoms with Crippen molar-refractivity contribution in [3.8, 4) is 0 Å². The maximum absolute atomic E-state index is 11.2. The lowest BCUT2D eigenvalue weighted by atomic mass is 9.71. The molecule has 0 rings (SSSR count). The smallest absolute Gasteiger partial charge is 0.126 e. The van der Waals surface area contributed by atoms with Gasteiger partial charge in [-0.25, -0.2) is 0 Å². The summed E-state index contributed by atoms with van der Waals surface area (Å²) in [6.07, 6.45) is 6.74. The number of carbonyl (C=O) groups excluding carboxylic acids is 1. The lowest BCUT2D eigenvalue weighted by Gasteiger charge is -2.32. The van der Waals surface area contributed by atoms with Crippen LogP contribution in [0.5, 0.6) is 0 Å². The van der Waals surface area contributed by atoms with E-state index in [4.69, 9.17) is 0 Å². The Kier molecular flexibility index (Phi) is 6.02. The van der Waals surface area contributed by atoms with Gasteiger partial charge in [-0.05, 0) is 18.8 Å². The summed E-state index contributed by atoms with van der Waals surface area (Å²) >= 11 is 0. The third kappa shape index (κ3) is 3.13. The fourth-order valence-electron chi connectivity index (χ4n) is 1.94. The van der Waals surface area contributed by atoms with Gasteiger partial charge in [-0.2, -0.15) is 0 Å². The molecule has 0 aromatic carbocycles. The van der Waals surface area contributed by atoms with Crippen LogP contribution in [0.2, 0.25) is 0 Å². The van der Waals surface area contributed by atoms with Gasteiger partial charge in [0.1, 0.15) is 6.29 Å². The molecule has 78 valence electrons. The predicted octanol–water partition coefficient (Wildman–Crippen LogP) is 3.82. The molecule has 0 saturated heterocycles. The van der Waals surface area contributed by atoms with Gasteiger partial charge < -0.3 is 4.79 Å². The summed E-state index contributed by atoms with van der Waals surface area (Å²) in [4.78, 5) is 11.2. The van der Waals surface area contributed by atoms with Crippen molar-refractivity contribution in [2.24, 2.45) is 11.3 Å².